The number of carbonyl (C=O) groups is 2. The van der Waals surface area contributed by atoms with Crippen LogP contribution in [0, 0.1) is 5.92 Å². The number of rotatable bonds is 5. The molecule has 34 heavy (non-hydrogen) atoms. The van der Waals surface area contributed by atoms with E-state index in [0.717, 1.165) is 43.5 Å². The Balaban J connectivity index is 1.24. The first-order valence-electron chi connectivity index (χ1n) is 12.2. The molecule has 0 aromatic heterocycles. The third-order valence-corrected chi connectivity index (χ3v) is 7.30. The van der Waals surface area contributed by atoms with Crippen LogP contribution in [-0.4, -0.2) is 18.5 Å². The zero-order chi connectivity index (χ0) is 23.5. The highest BCUT2D eigenvalue weighted by molar-refractivity contribution is 6.03. The van der Waals surface area contributed by atoms with Crippen LogP contribution in [0.25, 0.3) is 11.1 Å². The number of para-hydroxylation sites is 1. The molecule has 3 N–H and O–H groups in total. The van der Waals surface area contributed by atoms with Crippen molar-refractivity contribution in [2.24, 2.45) is 11.7 Å². The molecule has 0 atom stereocenters. The highest BCUT2D eigenvalue weighted by atomic mass is 16.2. The molecular formula is C29H31N3O2. The molecule has 5 rings (SSSR count). The van der Waals surface area contributed by atoms with Crippen LogP contribution in [-0.2, 0) is 11.2 Å². The van der Waals surface area contributed by atoms with Gasteiger partial charge in [-0.2, -0.15) is 0 Å². The lowest BCUT2D eigenvalue weighted by atomic mass is 9.77. The van der Waals surface area contributed by atoms with Gasteiger partial charge in [0.25, 0.3) is 0 Å². The lowest BCUT2D eigenvalue weighted by Crippen LogP contribution is -2.33. The van der Waals surface area contributed by atoms with E-state index in [0.29, 0.717) is 24.8 Å². The van der Waals surface area contributed by atoms with E-state index in [1.165, 1.54) is 22.3 Å². The number of amides is 3. The second-order valence-electron chi connectivity index (χ2n) is 9.55. The Bertz CT molecular complexity index is 1170. The molecule has 5 heteroatoms. The molecule has 1 saturated carbocycles. The summed E-state index contributed by atoms with van der Waals surface area (Å²) in [7, 11) is 0. The van der Waals surface area contributed by atoms with Crippen molar-refractivity contribution in [3.8, 4) is 11.1 Å². The summed E-state index contributed by atoms with van der Waals surface area (Å²) in [5.74, 6) is 0.839. The summed E-state index contributed by atoms with van der Waals surface area (Å²) < 4.78 is 0. The van der Waals surface area contributed by atoms with Gasteiger partial charge >= 0.3 is 6.03 Å². The van der Waals surface area contributed by atoms with Crippen molar-refractivity contribution in [1.29, 1.82) is 0 Å². The largest absolute Gasteiger partial charge is 0.370 e. The molecule has 3 aromatic carbocycles. The first-order chi connectivity index (χ1) is 16.6. The van der Waals surface area contributed by atoms with E-state index in [1.54, 1.807) is 0 Å². The molecular weight excluding hydrogens is 422 g/mol. The number of hydrogen-bond donors (Lipinski definition) is 2. The number of nitrogens with one attached hydrogen (secondary N) is 1. The van der Waals surface area contributed by atoms with Crippen molar-refractivity contribution in [2.75, 3.05) is 16.8 Å². The van der Waals surface area contributed by atoms with Crippen LogP contribution in [0.1, 0.15) is 49.1 Å². The van der Waals surface area contributed by atoms with E-state index in [9.17, 15) is 9.59 Å². The van der Waals surface area contributed by atoms with Crippen LogP contribution in [0.3, 0.4) is 0 Å². The van der Waals surface area contributed by atoms with Crippen molar-refractivity contribution in [2.45, 2.75) is 44.4 Å². The maximum atomic E-state index is 12.8. The van der Waals surface area contributed by atoms with Crippen molar-refractivity contribution < 1.29 is 9.59 Å². The Labute approximate surface area is 201 Å². The first-order valence-corrected chi connectivity index (χ1v) is 12.2. The predicted molar refractivity (Wildman–Crippen MR) is 137 cm³/mol. The van der Waals surface area contributed by atoms with E-state index in [4.69, 9.17) is 5.73 Å². The maximum absolute atomic E-state index is 12.8. The van der Waals surface area contributed by atoms with Crippen LogP contribution in [0.2, 0.25) is 0 Å². The minimum absolute atomic E-state index is 0.0902. The molecule has 1 heterocycles. The van der Waals surface area contributed by atoms with Crippen molar-refractivity contribution in [3.05, 3.63) is 83.9 Å². The molecule has 0 radical (unpaired) electrons. The average molecular weight is 454 g/mol. The molecule has 2 aliphatic rings. The van der Waals surface area contributed by atoms with Gasteiger partial charge in [0.1, 0.15) is 0 Å². The topological polar surface area (TPSA) is 75.4 Å². The van der Waals surface area contributed by atoms with E-state index in [-0.39, 0.29) is 11.9 Å². The Morgan fingerprint density at radius 2 is 1.59 bits per heavy atom. The average Bonchev–Trinajstić information content (AvgIpc) is 3.28. The molecule has 0 spiro atoms. The minimum Gasteiger partial charge on any atom is -0.370 e. The van der Waals surface area contributed by atoms with E-state index >= 15 is 0 Å². The van der Waals surface area contributed by atoms with Gasteiger partial charge < -0.3 is 11.1 Å². The molecule has 174 valence electrons. The van der Waals surface area contributed by atoms with Crippen molar-refractivity contribution in [1.82, 2.24) is 0 Å². The number of carbonyl (C=O) groups excluding carboxylic acids is 2. The summed E-state index contributed by atoms with van der Waals surface area (Å²) in [6, 6.07) is 24.8. The fraction of sp³-hybridized carbons (Fsp3) is 0.310. The number of benzene rings is 3. The Morgan fingerprint density at radius 1 is 0.882 bits per heavy atom. The van der Waals surface area contributed by atoms with Crippen LogP contribution >= 0.6 is 0 Å². The third-order valence-electron chi connectivity index (χ3n) is 7.30. The third kappa shape index (κ3) is 4.84. The molecule has 1 aliphatic heterocycles. The van der Waals surface area contributed by atoms with Gasteiger partial charge in [-0.05, 0) is 90.5 Å². The van der Waals surface area contributed by atoms with Crippen molar-refractivity contribution >= 4 is 23.3 Å². The molecule has 3 aromatic rings. The van der Waals surface area contributed by atoms with Gasteiger partial charge in [-0.15, -0.1) is 0 Å². The fourth-order valence-corrected chi connectivity index (χ4v) is 5.44. The lowest BCUT2D eigenvalue weighted by molar-refractivity contribution is -0.119. The second-order valence-corrected chi connectivity index (χ2v) is 9.55. The van der Waals surface area contributed by atoms with Gasteiger partial charge in [0.05, 0.1) is 0 Å². The summed E-state index contributed by atoms with van der Waals surface area (Å²) in [5, 5.41) is 2.98. The van der Waals surface area contributed by atoms with Crippen LogP contribution < -0.4 is 16.0 Å². The molecule has 5 nitrogen and oxygen atoms in total. The standard InChI is InChI=1S/C29H31N3O2/c30-28(33)18-20-6-8-21(9-7-20)22-10-12-23(13-11-22)24-14-15-27-25(19-24)16-17-32(27)29(34)31-26-4-2-1-3-5-26/h1-5,10-15,19-21H,6-9,16-18H2,(H2,30,33)(H,31,34)/t20-,21-. The molecule has 0 bridgehead atoms. The smallest absolute Gasteiger partial charge is 0.326 e. The van der Waals surface area contributed by atoms with E-state index < -0.39 is 0 Å². The van der Waals surface area contributed by atoms with Gasteiger partial charge in [0, 0.05) is 24.3 Å². The van der Waals surface area contributed by atoms with Crippen molar-refractivity contribution in [3.63, 3.8) is 0 Å². The number of hydrogen-bond acceptors (Lipinski definition) is 2. The molecule has 1 fully saturated rings. The second kappa shape index (κ2) is 9.72. The minimum atomic E-state index is -0.179. The predicted octanol–water partition coefficient (Wildman–Crippen LogP) is 6.10. The van der Waals surface area contributed by atoms with Gasteiger partial charge in [-0.1, -0.05) is 48.5 Å². The highest BCUT2D eigenvalue weighted by Gasteiger charge is 2.26. The number of nitrogens with zero attached hydrogens (tertiary/aromatic N) is 1. The highest BCUT2D eigenvalue weighted by Crippen LogP contribution is 2.38. The zero-order valence-corrected chi connectivity index (χ0v) is 19.4. The molecule has 3 amide bonds. The summed E-state index contributed by atoms with van der Waals surface area (Å²) in [5.41, 5.74) is 12.1. The monoisotopic (exact) mass is 453 g/mol. The van der Waals surface area contributed by atoms with Gasteiger partial charge in [0.2, 0.25) is 5.91 Å². The van der Waals surface area contributed by atoms with Crippen LogP contribution in [0.15, 0.2) is 72.8 Å². The van der Waals surface area contributed by atoms with E-state index in [1.807, 2.05) is 35.2 Å². The number of primary amides is 1. The normalized spacial score (nSPS) is 19.5. The Kier molecular flexibility index (Phi) is 6.35. The quantitative estimate of drug-likeness (QED) is 0.490. The molecule has 1 aliphatic carbocycles. The fourth-order valence-electron chi connectivity index (χ4n) is 5.44. The summed E-state index contributed by atoms with van der Waals surface area (Å²) >= 11 is 0. The maximum Gasteiger partial charge on any atom is 0.326 e. The SMILES string of the molecule is NC(=O)C[C@H]1CC[C@H](c2ccc(-c3ccc4c(c3)CCN4C(=O)Nc3ccccc3)cc2)CC1. The van der Waals surface area contributed by atoms with E-state index in [2.05, 4.69) is 47.8 Å². The molecule has 0 saturated heterocycles. The number of fused-ring (bicyclic) bond motifs is 1. The zero-order valence-electron chi connectivity index (χ0n) is 19.4. The van der Waals surface area contributed by atoms with Crippen LogP contribution in [0.5, 0.6) is 0 Å². The number of anilines is 2. The summed E-state index contributed by atoms with van der Waals surface area (Å²) in [6.45, 7) is 0.689. The first kappa shape index (κ1) is 22.2. The lowest BCUT2D eigenvalue weighted by Gasteiger charge is -2.28. The summed E-state index contributed by atoms with van der Waals surface area (Å²) in [6.07, 6.45) is 5.78. The number of urea groups is 1. The molecule has 0 unspecified atom stereocenters. The van der Waals surface area contributed by atoms with Crippen LogP contribution in [0.4, 0.5) is 16.2 Å². The van der Waals surface area contributed by atoms with Gasteiger partial charge in [-0.25, -0.2) is 4.79 Å². The van der Waals surface area contributed by atoms with Gasteiger partial charge in [0.15, 0.2) is 0 Å². The number of nitrogens with two attached hydrogens (primary N) is 1. The Morgan fingerprint density at radius 3 is 2.29 bits per heavy atom. The summed E-state index contributed by atoms with van der Waals surface area (Å²) in [4.78, 5) is 25.8. The Hall–Kier alpha value is -3.60. The van der Waals surface area contributed by atoms with Gasteiger partial charge in [-0.3, -0.25) is 9.69 Å².